The molecule has 0 saturated heterocycles. The molecule has 1 fully saturated rings. The van der Waals surface area contributed by atoms with Crippen LogP contribution in [0.1, 0.15) is 68.6 Å². The first-order valence-corrected chi connectivity index (χ1v) is 10.2. The molecular weight excluding hydrogens is 367 g/mol. The first-order valence-electron chi connectivity index (χ1n) is 10.2. The second-order valence-electron chi connectivity index (χ2n) is 7.51. The maximum atomic E-state index is 14.1. The summed E-state index contributed by atoms with van der Waals surface area (Å²) in [6.07, 6.45) is 8.77. The largest absolute Gasteiger partial charge is 0.505 e. The lowest BCUT2D eigenvalue weighted by molar-refractivity contribution is -0.132. The molecule has 2 N–H and O–H groups in total. The zero-order valence-electron chi connectivity index (χ0n) is 16.7. The topological polar surface area (TPSA) is 57.5 Å². The van der Waals surface area contributed by atoms with Gasteiger partial charge in [-0.3, -0.25) is 0 Å². The van der Waals surface area contributed by atoms with E-state index >= 15 is 0 Å². The number of allylic oxidation sites excluding steroid dienone is 1. The monoisotopic (exact) mass is 394 g/mol. The van der Waals surface area contributed by atoms with Crippen molar-refractivity contribution in [3.8, 4) is 5.75 Å². The summed E-state index contributed by atoms with van der Waals surface area (Å²) in [4.78, 5) is 11.3. The van der Waals surface area contributed by atoms with Crippen LogP contribution in [0.15, 0.2) is 53.6 Å². The number of carboxylic acid groups (broad SMARTS) is 1. The Morgan fingerprint density at radius 3 is 2.17 bits per heavy atom. The number of hydrogen-bond acceptors (Lipinski definition) is 2. The summed E-state index contributed by atoms with van der Waals surface area (Å²) in [7, 11) is 0. The molecule has 0 aromatic heterocycles. The Kier molecular flexibility index (Phi) is 6.86. The van der Waals surface area contributed by atoms with Crippen molar-refractivity contribution in [2.24, 2.45) is 0 Å². The molecule has 1 aliphatic carbocycles. The van der Waals surface area contributed by atoms with E-state index in [1.165, 1.54) is 30.5 Å². The molecule has 152 valence electrons. The van der Waals surface area contributed by atoms with Gasteiger partial charge in [-0.15, -0.1) is 0 Å². The summed E-state index contributed by atoms with van der Waals surface area (Å²) in [6, 6.07) is 12.3. The van der Waals surface area contributed by atoms with E-state index in [1.807, 2.05) is 31.2 Å². The highest BCUT2D eigenvalue weighted by Crippen LogP contribution is 2.35. The van der Waals surface area contributed by atoms with Gasteiger partial charge in [0.25, 0.3) is 0 Å². The molecule has 0 amide bonds. The van der Waals surface area contributed by atoms with Gasteiger partial charge >= 0.3 is 5.97 Å². The van der Waals surface area contributed by atoms with Gasteiger partial charge in [-0.1, -0.05) is 55.7 Å². The Balaban J connectivity index is 2.06. The molecule has 0 aliphatic heterocycles. The molecule has 3 nitrogen and oxygen atoms in total. The van der Waals surface area contributed by atoms with Crippen LogP contribution in [0, 0.1) is 5.82 Å². The van der Waals surface area contributed by atoms with Gasteiger partial charge in [0.1, 0.15) is 0 Å². The Morgan fingerprint density at radius 2 is 1.62 bits per heavy atom. The normalized spacial score (nSPS) is 15.1. The predicted octanol–water partition coefficient (Wildman–Crippen LogP) is 6.57. The first-order chi connectivity index (χ1) is 14.0. The number of hydrogen-bond donors (Lipinski definition) is 2. The van der Waals surface area contributed by atoms with Crippen LogP contribution in [-0.4, -0.2) is 16.2 Å². The van der Waals surface area contributed by atoms with Crippen molar-refractivity contribution < 1.29 is 19.4 Å². The van der Waals surface area contributed by atoms with Gasteiger partial charge in [-0.25, -0.2) is 9.18 Å². The highest BCUT2D eigenvalue weighted by atomic mass is 19.1. The number of phenols is 1. The van der Waals surface area contributed by atoms with Crippen LogP contribution >= 0.6 is 0 Å². The zero-order valence-corrected chi connectivity index (χ0v) is 16.7. The van der Waals surface area contributed by atoms with Crippen molar-refractivity contribution in [1.82, 2.24) is 0 Å². The maximum absolute atomic E-state index is 14.1. The number of rotatable bonds is 5. The number of carboxylic acids is 1. The van der Waals surface area contributed by atoms with E-state index in [0.29, 0.717) is 12.0 Å². The number of halogens is 1. The van der Waals surface area contributed by atoms with Gasteiger partial charge in [-0.05, 0) is 72.6 Å². The maximum Gasteiger partial charge on any atom is 0.331 e. The third kappa shape index (κ3) is 5.14. The highest BCUT2D eigenvalue weighted by Gasteiger charge is 2.16. The van der Waals surface area contributed by atoms with Crippen LogP contribution in [0.3, 0.4) is 0 Å². The molecule has 2 aromatic carbocycles. The fourth-order valence-electron chi connectivity index (χ4n) is 3.90. The fraction of sp³-hybridized carbons (Fsp3) is 0.320. The summed E-state index contributed by atoms with van der Waals surface area (Å²) in [5, 5.41) is 18.8. The molecule has 0 spiro atoms. The van der Waals surface area contributed by atoms with Crippen molar-refractivity contribution in [2.75, 3.05) is 0 Å². The third-order valence-corrected chi connectivity index (χ3v) is 5.49. The number of aliphatic carboxylic acids is 1. The van der Waals surface area contributed by atoms with E-state index in [-0.39, 0.29) is 5.75 Å². The summed E-state index contributed by atoms with van der Waals surface area (Å²) < 4.78 is 14.1. The molecule has 29 heavy (non-hydrogen) atoms. The van der Waals surface area contributed by atoms with Crippen LogP contribution in [0.5, 0.6) is 5.75 Å². The lowest BCUT2D eigenvalue weighted by atomic mass is 9.89. The molecule has 4 heteroatoms. The zero-order chi connectivity index (χ0) is 20.8. The van der Waals surface area contributed by atoms with Gasteiger partial charge in [0, 0.05) is 5.57 Å². The molecule has 3 rings (SSSR count). The van der Waals surface area contributed by atoms with Gasteiger partial charge < -0.3 is 10.2 Å². The van der Waals surface area contributed by atoms with Crippen LogP contribution < -0.4 is 0 Å². The van der Waals surface area contributed by atoms with Crippen molar-refractivity contribution in [2.45, 2.75) is 51.9 Å². The van der Waals surface area contributed by atoms with E-state index in [9.17, 15) is 19.4 Å². The second kappa shape index (κ2) is 9.55. The molecule has 0 unspecified atom stereocenters. The van der Waals surface area contributed by atoms with E-state index in [1.54, 1.807) is 12.1 Å². The van der Waals surface area contributed by atoms with E-state index < -0.39 is 11.8 Å². The lowest BCUT2D eigenvalue weighted by Gasteiger charge is -2.16. The molecule has 0 bridgehead atoms. The summed E-state index contributed by atoms with van der Waals surface area (Å²) in [5.74, 6) is -1.87. The molecule has 1 saturated carbocycles. The summed E-state index contributed by atoms with van der Waals surface area (Å²) in [6.45, 7) is 1.82. The molecule has 0 atom stereocenters. The molecule has 2 aromatic rings. The smallest absolute Gasteiger partial charge is 0.331 e. The fourth-order valence-corrected chi connectivity index (χ4v) is 3.90. The Labute approximate surface area is 171 Å². The van der Waals surface area contributed by atoms with Crippen LogP contribution in [0.2, 0.25) is 0 Å². The van der Waals surface area contributed by atoms with Gasteiger partial charge in [-0.2, -0.15) is 0 Å². The van der Waals surface area contributed by atoms with Crippen LogP contribution in [-0.2, 0) is 4.79 Å². The second-order valence-corrected chi connectivity index (χ2v) is 7.51. The number of aromatic hydroxyl groups is 1. The average Bonchev–Trinajstić information content (AvgIpc) is 2.99. The minimum absolute atomic E-state index is 0.347. The summed E-state index contributed by atoms with van der Waals surface area (Å²) >= 11 is 0. The van der Waals surface area contributed by atoms with Crippen molar-refractivity contribution in [1.29, 1.82) is 0 Å². The highest BCUT2D eigenvalue weighted by molar-refractivity contribution is 5.92. The standard InChI is InChI=1S/C25H27FO3/c1-2-18(25(28)29)15-17-9-11-20(12-10-17)24(19-7-5-3-4-6-8-19)21-13-14-23(27)22(26)16-21/h9-16,27H,2-8H2,1H3,(H,28,29). The van der Waals surface area contributed by atoms with Crippen molar-refractivity contribution in [3.63, 3.8) is 0 Å². The van der Waals surface area contributed by atoms with E-state index in [4.69, 9.17) is 0 Å². The third-order valence-electron chi connectivity index (χ3n) is 5.49. The van der Waals surface area contributed by atoms with Crippen molar-refractivity contribution >= 4 is 17.6 Å². The Morgan fingerprint density at radius 1 is 1.00 bits per heavy atom. The number of carbonyl (C=O) groups is 1. The molecule has 0 heterocycles. The van der Waals surface area contributed by atoms with Gasteiger partial charge in [0.15, 0.2) is 11.6 Å². The lowest BCUT2D eigenvalue weighted by Crippen LogP contribution is -1.99. The quantitative estimate of drug-likeness (QED) is 0.446. The van der Waals surface area contributed by atoms with Gasteiger partial charge in [0.05, 0.1) is 0 Å². The summed E-state index contributed by atoms with van der Waals surface area (Å²) in [5.41, 5.74) is 5.28. The van der Waals surface area contributed by atoms with E-state index in [2.05, 4.69) is 0 Å². The van der Waals surface area contributed by atoms with E-state index in [0.717, 1.165) is 47.9 Å². The Bertz CT molecular complexity index is 929. The minimum atomic E-state index is -0.905. The van der Waals surface area contributed by atoms with Gasteiger partial charge in [0.2, 0.25) is 0 Å². The van der Waals surface area contributed by atoms with Crippen LogP contribution in [0.4, 0.5) is 4.39 Å². The number of phenolic OH excluding ortho intramolecular Hbond substituents is 1. The SMILES string of the molecule is CCC(=Cc1ccc(C(=C2CCCCCC2)c2ccc(O)c(F)c2)cc1)C(=O)O. The predicted molar refractivity (Wildman–Crippen MR) is 114 cm³/mol. The Hall–Kier alpha value is -2.88. The van der Waals surface area contributed by atoms with Crippen molar-refractivity contribution in [3.05, 3.63) is 76.1 Å². The molecule has 0 radical (unpaired) electrons. The minimum Gasteiger partial charge on any atom is -0.505 e. The van der Waals surface area contributed by atoms with Crippen LogP contribution in [0.25, 0.3) is 11.6 Å². The number of benzene rings is 2. The average molecular weight is 394 g/mol. The first kappa shape index (κ1) is 20.8. The molecule has 1 aliphatic rings. The molecular formula is C25H27FO3.